The van der Waals surface area contributed by atoms with Crippen molar-refractivity contribution in [3.8, 4) is 0 Å². The highest BCUT2D eigenvalue weighted by Crippen LogP contribution is 2.28. The van der Waals surface area contributed by atoms with Gasteiger partial charge in [0, 0.05) is 0 Å². The summed E-state index contributed by atoms with van der Waals surface area (Å²) in [6, 6.07) is 6.95. The summed E-state index contributed by atoms with van der Waals surface area (Å²) in [4.78, 5) is 11.8. The summed E-state index contributed by atoms with van der Waals surface area (Å²) < 4.78 is 24.5. The molecule has 1 aliphatic heterocycles. The van der Waals surface area contributed by atoms with E-state index in [2.05, 4.69) is 0 Å². The number of amides is 1. The minimum atomic E-state index is -3.47. The van der Waals surface area contributed by atoms with Crippen molar-refractivity contribution < 1.29 is 13.2 Å². The number of aryl methyl sites for hydroxylation is 1. The van der Waals surface area contributed by atoms with Crippen LogP contribution in [0.3, 0.4) is 0 Å². The van der Waals surface area contributed by atoms with Gasteiger partial charge in [-0.25, -0.2) is 12.7 Å². The molecule has 1 aromatic carbocycles. The van der Waals surface area contributed by atoms with Crippen molar-refractivity contribution in [1.29, 1.82) is 0 Å². The van der Waals surface area contributed by atoms with Crippen molar-refractivity contribution in [2.45, 2.75) is 13.8 Å². The fourth-order valence-electron chi connectivity index (χ4n) is 1.84. The lowest BCUT2D eigenvalue weighted by Crippen LogP contribution is -2.30. The van der Waals surface area contributed by atoms with Crippen LogP contribution in [0.1, 0.15) is 12.5 Å². The van der Waals surface area contributed by atoms with E-state index >= 15 is 0 Å². The van der Waals surface area contributed by atoms with Crippen molar-refractivity contribution in [2.24, 2.45) is 5.92 Å². The van der Waals surface area contributed by atoms with Crippen molar-refractivity contribution in [1.82, 2.24) is 0 Å². The number of sulfonamides is 1. The van der Waals surface area contributed by atoms with Crippen molar-refractivity contribution in [3.05, 3.63) is 29.8 Å². The molecular weight excluding hydrogens is 226 g/mol. The molecule has 0 spiro atoms. The number of hydrogen-bond donors (Lipinski definition) is 0. The molecule has 1 amide bonds. The summed E-state index contributed by atoms with van der Waals surface area (Å²) in [6.07, 6.45) is 0. The Morgan fingerprint density at radius 1 is 1.38 bits per heavy atom. The average molecular weight is 239 g/mol. The molecular formula is C11H13NO3S. The number of hydrogen-bond acceptors (Lipinski definition) is 3. The van der Waals surface area contributed by atoms with Gasteiger partial charge in [-0.2, -0.15) is 0 Å². The highest BCUT2D eigenvalue weighted by molar-refractivity contribution is 7.94. The van der Waals surface area contributed by atoms with Crippen LogP contribution in [0.2, 0.25) is 0 Å². The molecule has 1 unspecified atom stereocenters. The molecule has 1 saturated heterocycles. The van der Waals surface area contributed by atoms with E-state index in [1.165, 1.54) is 0 Å². The van der Waals surface area contributed by atoms with Crippen LogP contribution in [0.25, 0.3) is 0 Å². The summed E-state index contributed by atoms with van der Waals surface area (Å²) >= 11 is 0. The zero-order valence-corrected chi connectivity index (χ0v) is 9.99. The van der Waals surface area contributed by atoms with Gasteiger partial charge >= 0.3 is 0 Å². The smallest absolute Gasteiger partial charge is 0.244 e. The maximum atomic E-state index is 11.8. The highest BCUT2D eigenvalue weighted by atomic mass is 32.2. The van der Waals surface area contributed by atoms with Gasteiger partial charge in [-0.05, 0) is 24.6 Å². The molecule has 0 bridgehead atoms. The lowest BCUT2D eigenvalue weighted by atomic mass is 10.2. The van der Waals surface area contributed by atoms with E-state index in [9.17, 15) is 13.2 Å². The van der Waals surface area contributed by atoms with E-state index in [0.717, 1.165) is 9.87 Å². The molecule has 1 aromatic rings. The largest absolute Gasteiger partial charge is 0.273 e. The highest BCUT2D eigenvalue weighted by Gasteiger charge is 2.41. The van der Waals surface area contributed by atoms with E-state index < -0.39 is 15.9 Å². The molecule has 0 N–H and O–H groups in total. The Kier molecular flexibility index (Phi) is 2.50. The van der Waals surface area contributed by atoms with E-state index in [0.29, 0.717) is 5.69 Å². The zero-order valence-electron chi connectivity index (χ0n) is 9.17. The Morgan fingerprint density at radius 2 is 2.06 bits per heavy atom. The number of nitrogens with zero attached hydrogens (tertiary/aromatic N) is 1. The van der Waals surface area contributed by atoms with Crippen LogP contribution in [0.4, 0.5) is 5.69 Å². The van der Waals surface area contributed by atoms with Crippen molar-refractivity contribution in [2.75, 3.05) is 10.1 Å². The number of rotatable bonds is 1. The van der Waals surface area contributed by atoms with E-state index in [-0.39, 0.29) is 11.7 Å². The maximum absolute atomic E-state index is 11.8. The number of carbonyl (C=O) groups excluding carboxylic acids is 1. The number of anilines is 1. The van der Waals surface area contributed by atoms with Crippen LogP contribution in [-0.4, -0.2) is 20.1 Å². The molecule has 0 aromatic heterocycles. The lowest BCUT2D eigenvalue weighted by Gasteiger charge is -2.15. The van der Waals surface area contributed by atoms with Gasteiger partial charge in [0.05, 0.1) is 17.4 Å². The zero-order chi connectivity index (χ0) is 11.9. The summed E-state index contributed by atoms with van der Waals surface area (Å²) in [6.45, 7) is 3.50. The fraction of sp³-hybridized carbons (Fsp3) is 0.364. The third-order valence-corrected chi connectivity index (χ3v) is 4.47. The monoisotopic (exact) mass is 239 g/mol. The Morgan fingerprint density at radius 3 is 2.56 bits per heavy atom. The van der Waals surface area contributed by atoms with Crippen LogP contribution in [0, 0.1) is 12.8 Å². The molecule has 1 atom stereocenters. The molecule has 86 valence electrons. The molecule has 16 heavy (non-hydrogen) atoms. The van der Waals surface area contributed by atoms with Gasteiger partial charge in [0.15, 0.2) is 0 Å². The van der Waals surface area contributed by atoms with Crippen LogP contribution in [0.5, 0.6) is 0 Å². The van der Waals surface area contributed by atoms with Crippen LogP contribution in [-0.2, 0) is 14.8 Å². The predicted octanol–water partition coefficient (Wildman–Crippen LogP) is 1.31. The molecule has 4 nitrogen and oxygen atoms in total. The first-order valence-electron chi connectivity index (χ1n) is 5.05. The molecule has 1 aliphatic rings. The summed E-state index contributed by atoms with van der Waals surface area (Å²) in [5, 5.41) is 0. The fourth-order valence-corrected chi connectivity index (χ4v) is 3.65. The molecule has 2 rings (SSSR count). The van der Waals surface area contributed by atoms with Crippen LogP contribution in [0.15, 0.2) is 24.3 Å². The summed E-state index contributed by atoms with van der Waals surface area (Å²) in [5.74, 6) is -0.893. The quantitative estimate of drug-likeness (QED) is 0.742. The number of benzene rings is 1. The van der Waals surface area contributed by atoms with E-state index in [1.54, 1.807) is 25.1 Å². The van der Waals surface area contributed by atoms with Crippen molar-refractivity contribution in [3.63, 3.8) is 0 Å². The predicted molar refractivity (Wildman–Crippen MR) is 61.6 cm³/mol. The van der Waals surface area contributed by atoms with Gasteiger partial charge in [-0.3, -0.25) is 4.79 Å². The van der Waals surface area contributed by atoms with Gasteiger partial charge in [-0.1, -0.05) is 19.1 Å². The second kappa shape index (κ2) is 3.59. The molecule has 1 heterocycles. The normalized spacial score (nSPS) is 23.8. The molecule has 0 radical (unpaired) electrons. The van der Waals surface area contributed by atoms with Gasteiger partial charge in [-0.15, -0.1) is 0 Å². The second-order valence-corrected chi connectivity index (χ2v) is 5.98. The third-order valence-electron chi connectivity index (χ3n) is 2.60. The second-order valence-electron chi connectivity index (χ2n) is 4.12. The van der Waals surface area contributed by atoms with Gasteiger partial charge in [0.25, 0.3) is 0 Å². The first kappa shape index (κ1) is 11.1. The van der Waals surface area contributed by atoms with Gasteiger partial charge in [0.1, 0.15) is 0 Å². The standard InChI is InChI=1S/C11H13NO3S/c1-8-4-3-5-10(6-8)12-11(13)9(2)7-16(12,14)15/h3-6,9H,7H2,1-2H3. The Hall–Kier alpha value is -1.36. The van der Waals surface area contributed by atoms with E-state index in [4.69, 9.17) is 0 Å². The maximum Gasteiger partial charge on any atom is 0.244 e. The Labute approximate surface area is 94.9 Å². The summed E-state index contributed by atoms with van der Waals surface area (Å²) in [7, 11) is -3.47. The van der Waals surface area contributed by atoms with Crippen molar-refractivity contribution >= 4 is 21.6 Å². The number of carbonyl (C=O) groups is 1. The summed E-state index contributed by atoms with van der Waals surface area (Å²) in [5.41, 5.74) is 1.37. The average Bonchev–Trinajstić information content (AvgIpc) is 2.35. The third kappa shape index (κ3) is 1.71. The van der Waals surface area contributed by atoms with E-state index in [1.807, 2.05) is 13.0 Å². The Bertz CT molecular complexity index is 536. The molecule has 0 aliphatic carbocycles. The molecule has 1 fully saturated rings. The first-order chi connectivity index (χ1) is 7.42. The van der Waals surface area contributed by atoms with Gasteiger partial charge < -0.3 is 0 Å². The van der Waals surface area contributed by atoms with Gasteiger partial charge in [0.2, 0.25) is 15.9 Å². The SMILES string of the molecule is Cc1cccc(N2C(=O)C(C)CS2(=O)=O)c1. The van der Waals surface area contributed by atoms with Crippen LogP contribution < -0.4 is 4.31 Å². The molecule has 0 saturated carbocycles. The topological polar surface area (TPSA) is 54.5 Å². The lowest BCUT2D eigenvalue weighted by molar-refractivity contribution is -0.119. The first-order valence-corrected chi connectivity index (χ1v) is 6.66. The van der Waals surface area contributed by atoms with Crippen LogP contribution >= 0.6 is 0 Å². The minimum absolute atomic E-state index is 0.0974. The minimum Gasteiger partial charge on any atom is -0.273 e. The molecule has 5 heteroatoms. The Balaban J connectivity index is 2.52.